The Morgan fingerprint density at radius 1 is 1.20 bits per heavy atom. The zero-order valence-electron chi connectivity index (χ0n) is 14.8. The van der Waals surface area contributed by atoms with Gasteiger partial charge in [-0.2, -0.15) is 0 Å². The summed E-state index contributed by atoms with van der Waals surface area (Å²) in [6.45, 7) is 7.00. The summed E-state index contributed by atoms with van der Waals surface area (Å²) < 4.78 is 10.8. The molecule has 136 valence electrons. The molecule has 1 heterocycles. The largest absolute Gasteiger partial charge is 0.494 e. The maximum atomic E-state index is 12.1. The van der Waals surface area contributed by atoms with Crippen molar-refractivity contribution in [3.8, 4) is 5.75 Å². The first-order chi connectivity index (χ1) is 11.9. The highest BCUT2D eigenvalue weighted by molar-refractivity contribution is 5.99. The Kier molecular flexibility index (Phi) is 6.38. The number of nitrogens with zero attached hydrogens (tertiary/aromatic N) is 1. The summed E-state index contributed by atoms with van der Waals surface area (Å²) in [6.07, 6.45) is -0.0775. The van der Waals surface area contributed by atoms with E-state index in [4.69, 9.17) is 9.47 Å². The minimum absolute atomic E-state index is 0.280. The predicted molar refractivity (Wildman–Crippen MR) is 91.4 cm³/mol. The molecule has 1 N–H and O–H groups in total. The quantitative estimate of drug-likeness (QED) is 0.764. The van der Waals surface area contributed by atoms with Crippen LogP contribution in [0.5, 0.6) is 5.75 Å². The molecule has 0 aliphatic carbocycles. The van der Waals surface area contributed by atoms with Crippen LogP contribution in [0.25, 0.3) is 0 Å². The van der Waals surface area contributed by atoms with Gasteiger partial charge in [-0.25, -0.2) is 9.59 Å². The molecule has 0 bridgehead atoms. The van der Waals surface area contributed by atoms with E-state index in [1.165, 1.54) is 6.92 Å². The Balaban J connectivity index is 1.87. The highest BCUT2D eigenvalue weighted by Gasteiger charge is 2.31. The van der Waals surface area contributed by atoms with Gasteiger partial charge < -0.3 is 14.8 Å². The minimum Gasteiger partial charge on any atom is -0.494 e. The Bertz CT molecular complexity index is 627. The van der Waals surface area contributed by atoms with Crippen LogP contribution >= 0.6 is 0 Å². The minimum atomic E-state index is -1.03. The van der Waals surface area contributed by atoms with E-state index < -0.39 is 24.0 Å². The number of amides is 3. The van der Waals surface area contributed by atoms with Crippen molar-refractivity contribution in [1.29, 1.82) is 0 Å². The zero-order chi connectivity index (χ0) is 18.4. The standard InChI is InChI=1S/C18H24N2O5/c1-12(2)8-11-24-15-6-4-14(5-7-15)17(22)25-13(3)16(21)20-10-9-19-18(20)23/h4-7,12-13H,8-11H2,1-3H3,(H,19,23). The molecular weight excluding hydrogens is 324 g/mol. The monoisotopic (exact) mass is 348 g/mol. The molecule has 1 atom stereocenters. The van der Waals surface area contributed by atoms with Crippen LogP contribution in [0.1, 0.15) is 37.6 Å². The van der Waals surface area contributed by atoms with Crippen molar-refractivity contribution < 1.29 is 23.9 Å². The van der Waals surface area contributed by atoms with Gasteiger partial charge in [0.2, 0.25) is 0 Å². The SMILES string of the molecule is CC(C)CCOc1ccc(C(=O)OC(C)C(=O)N2CCNC2=O)cc1. The smallest absolute Gasteiger partial charge is 0.338 e. The molecule has 1 aromatic carbocycles. The molecule has 0 aromatic heterocycles. The topological polar surface area (TPSA) is 84.9 Å². The Labute approximate surface area is 147 Å². The number of nitrogens with one attached hydrogen (secondary N) is 1. The highest BCUT2D eigenvalue weighted by Crippen LogP contribution is 2.15. The number of rotatable bonds is 7. The molecule has 1 saturated heterocycles. The molecule has 1 aliphatic rings. The van der Waals surface area contributed by atoms with E-state index in [0.717, 1.165) is 11.3 Å². The fourth-order valence-electron chi connectivity index (χ4n) is 2.28. The number of hydrogen-bond donors (Lipinski definition) is 1. The van der Waals surface area contributed by atoms with E-state index in [0.29, 0.717) is 30.4 Å². The van der Waals surface area contributed by atoms with Gasteiger partial charge in [-0.3, -0.25) is 9.69 Å². The molecule has 7 heteroatoms. The first-order valence-corrected chi connectivity index (χ1v) is 8.41. The molecule has 1 aliphatic heterocycles. The van der Waals surface area contributed by atoms with Gasteiger partial charge in [0.1, 0.15) is 5.75 Å². The number of urea groups is 1. The molecule has 2 rings (SSSR count). The van der Waals surface area contributed by atoms with Crippen molar-refractivity contribution >= 4 is 17.9 Å². The molecule has 1 aromatic rings. The Morgan fingerprint density at radius 3 is 2.44 bits per heavy atom. The number of benzene rings is 1. The lowest BCUT2D eigenvalue weighted by Gasteiger charge is -2.18. The first kappa shape index (κ1) is 18.8. The normalized spacial score (nSPS) is 15.0. The lowest BCUT2D eigenvalue weighted by Crippen LogP contribution is -2.41. The number of carbonyl (C=O) groups is 3. The van der Waals surface area contributed by atoms with Gasteiger partial charge in [0.15, 0.2) is 6.10 Å². The van der Waals surface area contributed by atoms with E-state index in [1.54, 1.807) is 24.3 Å². The Hall–Kier alpha value is -2.57. The lowest BCUT2D eigenvalue weighted by molar-refractivity contribution is -0.136. The van der Waals surface area contributed by atoms with Gasteiger partial charge in [-0.1, -0.05) is 13.8 Å². The van der Waals surface area contributed by atoms with Gasteiger partial charge in [0, 0.05) is 13.1 Å². The third-order valence-electron chi connectivity index (χ3n) is 3.81. The molecule has 3 amide bonds. The summed E-state index contributed by atoms with van der Waals surface area (Å²) in [4.78, 5) is 36.8. The fraction of sp³-hybridized carbons (Fsp3) is 0.500. The molecule has 0 spiro atoms. The van der Waals surface area contributed by atoms with Crippen LogP contribution in [0.4, 0.5) is 4.79 Å². The molecular formula is C18H24N2O5. The summed E-state index contributed by atoms with van der Waals surface area (Å²) in [7, 11) is 0. The maximum absolute atomic E-state index is 12.1. The van der Waals surface area contributed by atoms with E-state index in [1.807, 2.05) is 0 Å². The lowest BCUT2D eigenvalue weighted by atomic mass is 10.1. The maximum Gasteiger partial charge on any atom is 0.338 e. The summed E-state index contributed by atoms with van der Waals surface area (Å²) in [5.41, 5.74) is 0.321. The van der Waals surface area contributed by atoms with E-state index in [2.05, 4.69) is 19.2 Å². The summed E-state index contributed by atoms with van der Waals surface area (Å²) in [5, 5.41) is 2.53. The van der Waals surface area contributed by atoms with E-state index >= 15 is 0 Å². The molecule has 0 saturated carbocycles. The van der Waals surface area contributed by atoms with Crippen molar-refractivity contribution in [1.82, 2.24) is 10.2 Å². The molecule has 25 heavy (non-hydrogen) atoms. The van der Waals surface area contributed by atoms with Gasteiger partial charge >= 0.3 is 12.0 Å². The predicted octanol–water partition coefficient (Wildman–Crippen LogP) is 2.21. The first-order valence-electron chi connectivity index (χ1n) is 8.41. The second kappa shape index (κ2) is 8.50. The third-order valence-corrected chi connectivity index (χ3v) is 3.81. The van der Waals surface area contributed by atoms with Crippen LogP contribution in [0, 0.1) is 5.92 Å². The van der Waals surface area contributed by atoms with E-state index in [9.17, 15) is 14.4 Å². The van der Waals surface area contributed by atoms with Crippen LogP contribution in [-0.4, -0.2) is 48.6 Å². The summed E-state index contributed by atoms with van der Waals surface area (Å²) in [5.74, 6) is 0.0900. The second-order valence-electron chi connectivity index (χ2n) is 6.32. The average Bonchev–Trinajstić information content (AvgIpc) is 3.00. The zero-order valence-corrected chi connectivity index (χ0v) is 14.8. The second-order valence-corrected chi connectivity index (χ2v) is 6.32. The summed E-state index contributed by atoms with van der Waals surface area (Å²) >= 11 is 0. The van der Waals surface area contributed by atoms with Gasteiger partial charge in [-0.05, 0) is 43.5 Å². The Morgan fingerprint density at radius 2 is 1.88 bits per heavy atom. The number of esters is 1. The van der Waals surface area contributed by atoms with Crippen LogP contribution in [0.15, 0.2) is 24.3 Å². The molecule has 1 unspecified atom stereocenters. The molecule has 7 nitrogen and oxygen atoms in total. The van der Waals surface area contributed by atoms with Crippen molar-refractivity contribution in [2.45, 2.75) is 33.3 Å². The number of hydrogen-bond acceptors (Lipinski definition) is 5. The van der Waals surface area contributed by atoms with Gasteiger partial charge in [-0.15, -0.1) is 0 Å². The van der Waals surface area contributed by atoms with Crippen LogP contribution < -0.4 is 10.1 Å². The van der Waals surface area contributed by atoms with Gasteiger partial charge in [0.25, 0.3) is 5.91 Å². The van der Waals surface area contributed by atoms with Crippen molar-refractivity contribution in [3.05, 3.63) is 29.8 Å². The average molecular weight is 348 g/mol. The molecule has 0 radical (unpaired) electrons. The van der Waals surface area contributed by atoms with Crippen LogP contribution in [0.2, 0.25) is 0 Å². The van der Waals surface area contributed by atoms with Gasteiger partial charge in [0.05, 0.1) is 12.2 Å². The van der Waals surface area contributed by atoms with Crippen LogP contribution in [0.3, 0.4) is 0 Å². The highest BCUT2D eigenvalue weighted by atomic mass is 16.5. The number of imide groups is 1. The van der Waals surface area contributed by atoms with Crippen molar-refractivity contribution in [3.63, 3.8) is 0 Å². The summed E-state index contributed by atoms with van der Waals surface area (Å²) in [6, 6.07) is 6.10. The number of ether oxygens (including phenoxy) is 2. The number of carbonyl (C=O) groups excluding carboxylic acids is 3. The van der Waals surface area contributed by atoms with Crippen molar-refractivity contribution in [2.24, 2.45) is 5.92 Å². The molecule has 1 fully saturated rings. The fourth-order valence-corrected chi connectivity index (χ4v) is 2.28. The van der Waals surface area contributed by atoms with E-state index in [-0.39, 0.29) is 6.54 Å². The third kappa shape index (κ3) is 5.20. The van der Waals surface area contributed by atoms with Crippen molar-refractivity contribution in [2.75, 3.05) is 19.7 Å². The van der Waals surface area contributed by atoms with Crippen LogP contribution in [-0.2, 0) is 9.53 Å².